The van der Waals surface area contributed by atoms with Gasteiger partial charge in [-0.15, -0.1) is 0 Å². The van der Waals surface area contributed by atoms with Gasteiger partial charge in [0, 0.05) is 26.3 Å². The maximum absolute atomic E-state index is 10.3. The minimum atomic E-state index is -0.515. The van der Waals surface area contributed by atoms with Crippen molar-refractivity contribution < 1.29 is 5.11 Å². The highest BCUT2D eigenvalue weighted by atomic mass is 16.3. The molecule has 2 aromatic carbocycles. The SMILES string of the molecule is Cn1ccc(CNCC(O)c2ccc3ccccc3c2)n1. The highest BCUT2D eigenvalue weighted by Crippen LogP contribution is 2.20. The average Bonchev–Trinajstić information content (AvgIpc) is 2.92. The quantitative estimate of drug-likeness (QED) is 0.755. The highest BCUT2D eigenvalue weighted by molar-refractivity contribution is 5.83. The van der Waals surface area contributed by atoms with Gasteiger partial charge in [0.05, 0.1) is 11.8 Å². The summed E-state index contributed by atoms with van der Waals surface area (Å²) in [5.41, 5.74) is 1.91. The minimum Gasteiger partial charge on any atom is -0.387 e. The van der Waals surface area contributed by atoms with Gasteiger partial charge in [-0.3, -0.25) is 4.68 Å². The molecule has 1 heterocycles. The van der Waals surface area contributed by atoms with Crippen molar-refractivity contribution in [2.75, 3.05) is 6.54 Å². The van der Waals surface area contributed by atoms with Gasteiger partial charge in [0.25, 0.3) is 0 Å². The van der Waals surface area contributed by atoms with Gasteiger partial charge in [-0.1, -0.05) is 36.4 Å². The molecule has 4 heteroatoms. The molecule has 1 unspecified atom stereocenters. The van der Waals surface area contributed by atoms with Crippen LogP contribution >= 0.6 is 0 Å². The molecule has 0 aliphatic rings. The van der Waals surface area contributed by atoms with E-state index in [1.807, 2.05) is 49.6 Å². The van der Waals surface area contributed by atoms with Gasteiger partial charge in [0.15, 0.2) is 0 Å². The van der Waals surface area contributed by atoms with E-state index in [1.54, 1.807) is 4.68 Å². The summed E-state index contributed by atoms with van der Waals surface area (Å²) in [6.07, 6.45) is 1.40. The molecule has 0 radical (unpaired) electrons. The summed E-state index contributed by atoms with van der Waals surface area (Å²) < 4.78 is 1.77. The van der Waals surface area contributed by atoms with Gasteiger partial charge in [0.1, 0.15) is 0 Å². The lowest BCUT2D eigenvalue weighted by atomic mass is 10.0. The van der Waals surface area contributed by atoms with E-state index in [0.29, 0.717) is 13.1 Å². The maximum atomic E-state index is 10.3. The van der Waals surface area contributed by atoms with Crippen molar-refractivity contribution in [3.63, 3.8) is 0 Å². The van der Waals surface area contributed by atoms with Crippen LogP contribution < -0.4 is 5.32 Å². The molecule has 3 rings (SSSR count). The van der Waals surface area contributed by atoms with Crippen LogP contribution in [0.15, 0.2) is 54.7 Å². The smallest absolute Gasteiger partial charge is 0.0914 e. The van der Waals surface area contributed by atoms with Crippen LogP contribution in [0.2, 0.25) is 0 Å². The van der Waals surface area contributed by atoms with Gasteiger partial charge in [-0.2, -0.15) is 5.10 Å². The Kier molecular flexibility index (Phi) is 3.99. The normalized spacial score (nSPS) is 12.7. The van der Waals surface area contributed by atoms with Gasteiger partial charge < -0.3 is 10.4 Å². The zero-order valence-electron chi connectivity index (χ0n) is 12.0. The van der Waals surface area contributed by atoms with Crippen LogP contribution in [0, 0.1) is 0 Å². The number of aryl methyl sites for hydroxylation is 1. The van der Waals surface area contributed by atoms with Crippen molar-refractivity contribution in [1.82, 2.24) is 15.1 Å². The second-order valence-corrected chi connectivity index (χ2v) is 5.23. The molecule has 1 aromatic heterocycles. The van der Waals surface area contributed by atoms with Gasteiger partial charge >= 0.3 is 0 Å². The van der Waals surface area contributed by atoms with Crippen LogP contribution in [0.4, 0.5) is 0 Å². The predicted octanol–water partition coefficient (Wildman–Crippen LogP) is 2.40. The first-order chi connectivity index (χ1) is 10.2. The Labute approximate surface area is 124 Å². The molecule has 21 heavy (non-hydrogen) atoms. The van der Waals surface area contributed by atoms with E-state index in [0.717, 1.165) is 16.6 Å². The third kappa shape index (κ3) is 3.29. The summed E-state index contributed by atoms with van der Waals surface area (Å²) in [6.45, 7) is 1.17. The van der Waals surface area contributed by atoms with Crippen molar-refractivity contribution in [2.24, 2.45) is 7.05 Å². The Morgan fingerprint density at radius 3 is 2.71 bits per heavy atom. The van der Waals surface area contributed by atoms with E-state index >= 15 is 0 Å². The van der Waals surface area contributed by atoms with E-state index in [1.165, 1.54) is 5.39 Å². The summed E-state index contributed by atoms with van der Waals surface area (Å²) in [5.74, 6) is 0. The van der Waals surface area contributed by atoms with Crippen LogP contribution in [-0.4, -0.2) is 21.4 Å². The Balaban J connectivity index is 1.62. The van der Waals surface area contributed by atoms with E-state index in [4.69, 9.17) is 0 Å². The van der Waals surface area contributed by atoms with Gasteiger partial charge in [-0.25, -0.2) is 0 Å². The first-order valence-corrected chi connectivity index (χ1v) is 7.08. The Morgan fingerprint density at radius 1 is 1.14 bits per heavy atom. The van der Waals surface area contributed by atoms with E-state index in [-0.39, 0.29) is 0 Å². The molecule has 0 saturated carbocycles. The number of aliphatic hydroxyl groups excluding tert-OH is 1. The number of nitrogens with one attached hydrogen (secondary N) is 1. The van der Waals surface area contributed by atoms with Crippen LogP contribution in [0.25, 0.3) is 10.8 Å². The minimum absolute atomic E-state index is 0.509. The fourth-order valence-corrected chi connectivity index (χ4v) is 2.43. The van der Waals surface area contributed by atoms with Crippen LogP contribution in [0.1, 0.15) is 17.4 Å². The lowest BCUT2D eigenvalue weighted by Gasteiger charge is -2.12. The third-order valence-electron chi connectivity index (χ3n) is 3.57. The van der Waals surface area contributed by atoms with Crippen molar-refractivity contribution in [2.45, 2.75) is 12.6 Å². The molecular formula is C17H19N3O. The maximum Gasteiger partial charge on any atom is 0.0914 e. The molecule has 0 aliphatic heterocycles. The fraction of sp³-hybridized carbons (Fsp3) is 0.235. The molecule has 4 nitrogen and oxygen atoms in total. The van der Waals surface area contributed by atoms with E-state index in [2.05, 4.69) is 22.5 Å². The van der Waals surface area contributed by atoms with Crippen LogP contribution in [0.3, 0.4) is 0 Å². The highest BCUT2D eigenvalue weighted by Gasteiger charge is 2.08. The first-order valence-electron chi connectivity index (χ1n) is 7.08. The third-order valence-corrected chi connectivity index (χ3v) is 3.57. The lowest BCUT2D eigenvalue weighted by Crippen LogP contribution is -2.21. The number of hydrogen-bond acceptors (Lipinski definition) is 3. The summed E-state index contributed by atoms with van der Waals surface area (Å²) in [5, 5.41) is 20.1. The molecule has 2 N–H and O–H groups in total. The topological polar surface area (TPSA) is 50.1 Å². The summed E-state index contributed by atoms with van der Waals surface area (Å²) in [7, 11) is 1.90. The molecule has 0 spiro atoms. The monoisotopic (exact) mass is 281 g/mol. The Bertz CT molecular complexity index is 735. The number of benzene rings is 2. The van der Waals surface area contributed by atoms with Crippen molar-refractivity contribution in [3.05, 3.63) is 66.0 Å². The number of aliphatic hydroxyl groups is 1. The largest absolute Gasteiger partial charge is 0.387 e. The predicted molar refractivity (Wildman–Crippen MR) is 83.8 cm³/mol. The standard InChI is InChI=1S/C17H19N3O/c1-20-9-8-16(19-20)11-18-12-17(21)15-7-6-13-4-2-3-5-14(13)10-15/h2-10,17-18,21H,11-12H2,1H3. The number of fused-ring (bicyclic) bond motifs is 1. The molecular weight excluding hydrogens is 262 g/mol. The summed E-state index contributed by atoms with van der Waals surface area (Å²) >= 11 is 0. The molecule has 3 aromatic rings. The molecule has 0 aliphatic carbocycles. The zero-order chi connectivity index (χ0) is 14.7. The number of hydrogen-bond donors (Lipinski definition) is 2. The van der Waals surface area contributed by atoms with E-state index in [9.17, 15) is 5.11 Å². The Hall–Kier alpha value is -2.17. The van der Waals surface area contributed by atoms with Gasteiger partial charge in [-0.05, 0) is 28.5 Å². The van der Waals surface area contributed by atoms with Gasteiger partial charge in [0.2, 0.25) is 0 Å². The number of nitrogens with zero attached hydrogens (tertiary/aromatic N) is 2. The van der Waals surface area contributed by atoms with Crippen molar-refractivity contribution in [1.29, 1.82) is 0 Å². The zero-order valence-corrected chi connectivity index (χ0v) is 12.0. The number of aromatic nitrogens is 2. The summed E-state index contributed by atoms with van der Waals surface area (Å²) in [6, 6.07) is 16.2. The molecule has 0 saturated heterocycles. The number of rotatable bonds is 5. The van der Waals surface area contributed by atoms with Crippen molar-refractivity contribution >= 4 is 10.8 Å². The van der Waals surface area contributed by atoms with Crippen LogP contribution in [0.5, 0.6) is 0 Å². The molecule has 108 valence electrons. The average molecular weight is 281 g/mol. The van der Waals surface area contributed by atoms with Crippen LogP contribution in [-0.2, 0) is 13.6 Å². The second kappa shape index (κ2) is 6.08. The van der Waals surface area contributed by atoms with Crippen molar-refractivity contribution in [3.8, 4) is 0 Å². The second-order valence-electron chi connectivity index (χ2n) is 5.23. The van der Waals surface area contributed by atoms with E-state index < -0.39 is 6.10 Å². The molecule has 1 atom stereocenters. The molecule has 0 fully saturated rings. The molecule has 0 amide bonds. The fourth-order valence-electron chi connectivity index (χ4n) is 2.43. The molecule has 0 bridgehead atoms. The lowest BCUT2D eigenvalue weighted by molar-refractivity contribution is 0.174. The first kappa shape index (κ1) is 13.8. The summed E-state index contributed by atoms with van der Waals surface area (Å²) in [4.78, 5) is 0. The Morgan fingerprint density at radius 2 is 1.95 bits per heavy atom.